The molecule has 2 fully saturated rings. The molecular formula is C18H24N2O5. The van der Waals surface area contributed by atoms with Gasteiger partial charge in [-0.15, -0.1) is 0 Å². The van der Waals surface area contributed by atoms with E-state index in [4.69, 9.17) is 9.47 Å². The van der Waals surface area contributed by atoms with E-state index >= 15 is 0 Å². The largest absolute Gasteiger partial charge is 0.508 e. The number of aromatic hydroxyl groups is 1. The summed E-state index contributed by atoms with van der Waals surface area (Å²) < 4.78 is 11.1. The molecule has 2 aliphatic rings. The molecule has 0 radical (unpaired) electrons. The summed E-state index contributed by atoms with van der Waals surface area (Å²) in [6, 6.07) is 6.28. The minimum Gasteiger partial charge on any atom is -0.508 e. The molecule has 2 saturated heterocycles. The summed E-state index contributed by atoms with van der Waals surface area (Å²) in [6.45, 7) is 4.41. The van der Waals surface area contributed by atoms with Crippen molar-refractivity contribution in [2.45, 2.75) is 32.0 Å². The van der Waals surface area contributed by atoms with Gasteiger partial charge in [0.1, 0.15) is 17.6 Å². The SMILES string of the molecule is CC(Oc1ccc(O)cc1)C(=O)N1CCN(C(=O)C2CCCO2)CC1. The van der Waals surface area contributed by atoms with Gasteiger partial charge in [-0.2, -0.15) is 0 Å². The third-order valence-electron chi connectivity index (χ3n) is 4.61. The van der Waals surface area contributed by atoms with Gasteiger partial charge in [-0.3, -0.25) is 9.59 Å². The molecule has 3 rings (SSSR count). The number of piperazine rings is 1. The smallest absolute Gasteiger partial charge is 0.263 e. The molecule has 0 saturated carbocycles. The molecule has 7 nitrogen and oxygen atoms in total. The van der Waals surface area contributed by atoms with Gasteiger partial charge < -0.3 is 24.4 Å². The zero-order valence-electron chi connectivity index (χ0n) is 14.4. The highest BCUT2D eigenvalue weighted by molar-refractivity contribution is 5.83. The maximum Gasteiger partial charge on any atom is 0.263 e. The van der Waals surface area contributed by atoms with Crippen molar-refractivity contribution in [3.05, 3.63) is 24.3 Å². The Bertz CT molecular complexity index is 604. The van der Waals surface area contributed by atoms with Gasteiger partial charge in [-0.1, -0.05) is 0 Å². The number of benzene rings is 1. The molecule has 2 atom stereocenters. The van der Waals surface area contributed by atoms with Crippen molar-refractivity contribution in [3.63, 3.8) is 0 Å². The first-order valence-corrected chi connectivity index (χ1v) is 8.69. The topological polar surface area (TPSA) is 79.3 Å². The van der Waals surface area contributed by atoms with E-state index in [1.807, 2.05) is 0 Å². The van der Waals surface area contributed by atoms with Crippen LogP contribution in [0.3, 0.4) is 0 Å². The predicted octanol–water partition coefficient (Wildman–Crippen LogP) is 1.01. The molecule has 0 bridgehead atoms. The van der Waals surface area contributed by atoms with Gasteiger partial charge in [-0.05, 0) is 44.0 Å². The van der Waals surface area contributed by atoms with Crippen LogP contribution in [-0.2, 0) is 14.3 Å². The second-order valence-corrected chi connectivity index (χ2v) is 6.41. The minimum atomic E-state index is -0.620. The van der Waals surface area contributed by atoms with Gasteiger partial charge in [0.25, 0.3) is 11.8 Å². The number of phenols is 1. The number of ether oxygens (including phenoxy) is 2. The van der Waals surface area contributed by atoms with E-state index in [1.165, 1.54) is 12.1 Å². The molecule has 7 heteroatoms. The Morgan fingerprint density at radius 2 is 1.80 bits per heavy atom. The van der Waals surface area contributed by atoms with Gasteiger partial charge in [0.05, 0.1) is 0 Å². The second kappa shape index (κ2) is 7.74. The first-order valence-electron chi connectivity index (χ1n) is 8.69. The first kappa shape index (κ1) is 17.5. The molecule has 25 heavy (non-hydrogen) atoms. The average molecular weight is 348 g/mol. The van der Waals surface area contributed by atoms with Crippen LogP contribution in [-0.4, -0.2) is 71.7 Å². The summed E-state index contributed by atoms with van der Waals surface area (Å²) in [6.07, 6.45) is 0.792. The number of hydrogen-bond donors (Lipinski definition) is 1. The summed E-state index contributed by atoms with van der Waals surface area (Å²) >= 11 is 0. The number of rotatable bonds is 4. The molecule has 0 aliphatic carbocycles. The Labute approximate surface area is 147 Å². The zero-order valence-corrected chi connectivity index (χ0v) is 14.4. The van der Waals surface area contributed by atoms with E-state index < -0.39 is 6.10 Å². The lowest BCUT2D eigenvalue weighted by atomic mass is 10.2. The van der Waals surface area contributed by atoms with E-state index in [0.29, 0.717) is 38.5 Å². The Morgan fingerprint density at radius 3 is 2.40 bits per heavy atom. The molecule has 2 unspecified atom stereocenters. The first-order chi connectivity index (χ1) is 12.0. The van der Waals surface area contributed by atoms with Crippen molar-refractivity contribution in [1.29, 1.82) is 0 Å². The number of nitrogens with zero attached hydrogens (tertiary/aromatic N) is 2. The summed E-state index contributed by atoms with van der Waals surface area (Å²) in [5, 5.41) is 9.28. The molecule has 2 aliphatic heterocycles. The van der Waals surface area contributed by atoms with E-state index in [0.717, 1.165) is 12.8 Å². The lowest BCUT2D eigenvalue weighted by molar-refractivity contribution is -0.148. The van der Waals surface area contributed by atoms with Crippen LogP contribution in [0, 0.1) is 0 Å². The maximum atomic E-state index is 12.5. The van der Waals surface area contributed by atoms with Crippen molar-refractivity contribution >= 4 is 11.8 Å². The number of carbonyl (C=O) groups is 2. The standard InChI is InChI=1S/C18H24N2O5/c1-13(25-15-6-4-14(21)5-7-15)17(22)19-8-10-20(11-9-19)18(23)16-3-2-12-24-16/h4-7,13,16,21H,2-3,8-12H2,1H3. The van der Waals surface area contributed by atoms with Crippen LogP contribution in [0.4, 0.5) is 0 Å². The van der Waals surface area contributed by atoms with Crippen molar-refractivity contribution in [2.24, 2.45) is 0 Å². The summed E-state index contributed by atoms with van der Waals surface area (Å²) in [5.74, 6) is 0.625. The average Bonchev–Trinajstić information content (AvgIpc) is 3.17. The van der Waals surface area contributed by atoms with Crippen molar-refractivity contribution in [3.8, 4) is 11.5 Å². The monoisotopic (exact) mass is 348 g/mol. The molecule has 136 valence electrons. The van der Waals surface area contributed by atoms with Crippen LogP contribution >= 0.6 is 0 Å². The highest BCUT2D eigenvalue weighted by Gasteiger charge is 2.32. The highest BCUT2D eigenvalue weighted by atomic mass is 16.5. The lowest BCUT2D eigenvalue weighted by Crippen LogP contribution is -2.54. The van der Waals surface area contributed by atoms with E-state index in [1.54, 1.807) is 28.9 Å². The van der Waals surface area contributed by atoms with Gasteiger partial charge in [0, 0.05) is 32.8 Å². The van der Waals surface area contributed by atoms with Crippen LogP contribution in [0.25, 0.3) is 0 Å². The number of amides is 2. The van der Waals surface area contributed by atoms with Gasteiger partial charge in [0.2, 0.25) is 0 Å². The summed E-state index contributed by atoms with van der Waals surface area (Å²) in [7, 11) is 0. The van der Waals surface area contributed by atoms with Gasteiger partial charge in [0.15, 0.2) is 6.10 Å². The molecule has 0 spiro atoms. The van der Waals surface area contributed by atoms with E-state index in [9.17, 15) is 14.7 Å². The molecule has 2 amide bonds. The fourth-order valence-electron chi connectivity index (χ4n) is 3.16. The second-order valence-electron chi connectivity index (χ2n) is 6.41. The maximum absolute atomic E-state index is 12.5. The Balaban J connectivity index is 1.48. The molecular weight excluding hydrogens is 324 g/mol. The van der Waals surface area contributed by atoms with E-state index in [-0.39, 0.29) is 23.7 Å². The minimum absolute atomic E-state index is 0.0398. The van der Waals surface area contributed by atoms with Crippen LogP contribution in [0.15, 0.2) is 24.3 Å². The Kier molecular flexibility index (Phi) is 5.43. The van der Waals surface area contributed by atoms with Crippen molar-refractivity contribution < 1.29 is 24.2 Å². The zero-order chi connectivity index (χ0) is 17.8. The van der Waals surface area contributed by atoms with Crippen LogP contribution in [0.2, 0.25) is 0 Å². The van der Waals surface area contributed by atoms with Crippen molar-refractivity contribution in [1.82, 2.24) is 9.80 Å². The summed E-state index contributed by atoms with van der Waals surface area (Å²) in [5.41, 5.74) is 0. The number of carbonyl (C=O) groups excluding carboxylic acids is 2. The molecule has 1 aromatic carbocycles. The van der Waals surface area contributed by atoms with Crippen molar-refractivity contribution in [2.75, 3.05) is 32.8 Å². The predicted molar refractivity (Wildman–Crippen MR) is 90.3 cm³/mol. The normalized spacial score (nSPS) is 21.9. The third kappa shape index (κ3) is 4.22. The molecule has 2 heterocycles. The lowest BCUT2D eigenvalue weighted by Gasteiger charge is -2.36. The van der Waals surface area contributed by atoms with Gasteiger partial charge in [-0.25, -0.2) is 0 Å². The number of phenolic OH excluding ortho intramolecular Hbond substituents is 1. The van der Waals surface area contributed by atoms with Gasteiger partial charge >= 0.3 is 0 Å². The quantitative estimate of drug-likeness (QED) is 0.878. The summed E-state index contributed by atoms with van der Waals surface area (Å²) in [4.78, 5) is 28.4. The van der Waals surface area contributed by atoms with Crippen LogP contribution < -0.4 is 4.74 Å². The Morgan fingerprint density at radius 1 is 1.16 bits per heavy atom. The number of hydrogen-bond acceptors (Lipinski definition) is 5. The van der Waals surface area contributed by atoms with E-state index in [2.05, 4.69) is 0 Å². The molecule has 0 aromatic heterocycles. The van der Waals surface area contributed by atoms with Crippen LogP contribution in [0.1, 0.15) is 19.8 Å². The highest BCUT2D eigenvalue weighted by Crippen LogP contribution is 2.19. The molecule has 1 N–H and O–H groups in total. The van der Waals surface area contributed by atoms with Crippen LogP contribution in [0.5, 0.6) is 11.5 Å². The Hall–Kier alpha value is -2.28. The third-order valence-corrected chi connectivity index (χ3v) is 4.61. The molecule has 1 aromatic rings. The fourth-order valence-corrected chi connectivity index (χ4v) is 3.16. The fraction of sp³-hybridized carbons (Fsp3) is 0.556.